The smallest absolute Gasteiger partial charge is 0.252 e. The second-order valence-electron chi connectivity index (χ2n) is 37.1. The summed E-state index contributed by atoms with van der Waals surface area (Å²) in [5.41, 5.74) is 37.7. The summed E-state index contributed by atoms with van der Waals surface area (Å²) in [7, 11) is 0. The number of anilines is 6. The van der Waals surface area contributed by atoms with Crippen LogP contribution in [0.5, 0.6) is 0 Å². The highest BCUT2D eigenvalue weighted by Gasteiger charge is 2.46. The first-order valence-electron chi connectivity index (χ1n) is 42.5. The van der Waals surface area contributed by atoms with Crippen LogP contribution in [0, 0.1) is 0 Å². The van der Waals surface area contributed by atoms with Gasteiger partial charge in [0.2, 0.25) is 0 Å². The van der Waals surface area contributed by atoms with Gasteiger partial charge in [0.25, 0.3) is 6.71 Å². The number of aromatic nitrogens is 2. The van der Waals surface area contributed by atoms with E-state index in [4.69, 9.17) is 0 Å². The number of rotatable bonds is 15. The Morgan fingerprint density at radius 1 is 0.256 bits per heavy atom. The third-order valence-corrected chi connectivity index (χ3v) is 25.1. The molecule has 0 unspecified atom stereocenters. The Morgan fingerprint density at radius 3 is 0.829 bits per heavy atom. The fourth-order valence-corrected chi connectivity index (χ4v) is 18.8. The SMILES string of the molecule is CCCCCCc1cc2c3c(c1)N(c1c(-c4ccccc4)cc(-c4ccccc4)cc1-c1ccccc1)c1cc(-n4c5ccc(C(C)(C)C)cc5c5cc(C(C)(C)C)ccc54)ccc1B3c1ccc(-n3c4ccc(C(C)(C)C)cc4c4cc(C(C)(C)C)ccc43)cc1N2c1c(-c2ccccc2)cc(-c2ccccc2)cc1-c1ccccc1. The van der Waals surface area contributed by atoms with Crippen molar-refractivity contribution in [3.63, 3.8) is 0 Å². The van der Waals surface area contributed by atoms with E-state index in [-0.39, 0.29) is 28.4 Å². The van der Waals surface area contributed by atoms with Crippen molar-refractivity contribution in [1.29, 1.82) is 0 Å². The number of benzene rings is 15. The summed E-state index contributed by atoms with van der Waals surface area (Å²) in [5.74, 6) is 0. The van der Waals surface area contributed by atoms with E-state index < -0.39 is 0 Å². The van der Waals surface area contributed by atoms with E-state index in [0.717, 1.165) is 115 Å². The third-order valence-electron chi connectivity index (χ3n) is 25.1. The van der Waals surface area contributed by atoms with E-state index in [2.05, 4.69) is 437 Å². The first-order chi connectivity index (χ1) is 56.5. The van der Waals surface area contributed by atoms with Crippen LogP contribution in [0.25, 0.3) is 122 Å². The minimum atomic E-state index is -0.263. The van der Waals surface area contributed by atoms with Crippen molar-refractivity contribution in [1.82, 2.24) is 9.13 Å². The lowest BCUT2D eigenvalue weighted by molar-refractivity contribution is 0.590. The molecule has 0 N–H and O–H groups in total. The summed E-state index contributed by atoms with van der Waals surface area (Å²) in [6.07, 6.45) is 5.39. The normalized spacial score (nSPS) is 12.9. The largest absolute Gasteiger partial charge is 0.310 e. The second kappa shape index (κ2) is 29.1. The summed E-state index contributed by atoms with van der Waals surface area (Å²) in [4.78, 5) is 5.54. The molecule has 0 aliphatic carbocycles. The molecule has 17 aromatic rings. The molecule has 0 amide bonds. The molecule has 2 aliphatic heterocycles. The van der Waals surface area contributed by atoms with Crippen LogP contribution >= 0.6 is 0 Å². The molecule has 0 saturated carbocycles. The molecule has 4 heterocycles. The van der Waals surface area contributed by atoms with Crippen molar-refractivity contribution < 1.29 is 0 Å². The lowest BCUT2D eigenvalue weighted by Gasteiger charge is -2.46. The van der Waals surface area contributed by atoms with E-state index in [1.807, 2.05) is 0 Å². The molecule has 2 aliphatic rings. The van der Waals surface area contributed by atoms with Crippen molar-refractivity contribution >= 4 is 101 Å². The Labute approximate surface area is 692 Å². The summed E-state index contributed by atoms with van der Waals surface area (Å²) in [5, 5.41) is 5.06. The van der Waals surface area contributed by atoms with Crippen LogP contribution in [0.4, 0.5) is 34.1 Å². The Hall–Kier alpha value is -12.4. The van der Waals surface area contributed by atoms with Crippen LogP contribution < -0.4 is 26.2 Å². The van der Waals surface area contributed by atoms with Gasteiger partial charge in [0, 0.05) is 77.9 Å². The minimum absolute atomic E-state index is 0.0686. The fraction of sp³-hybridized carbons (Fsp3) is 0.196. The van der Waals surface area contributed by atoms with Crippen molar-refractivity contribution in [2.75, 3.05) is 9.80 Å². The predicted octanol–water partition coefficient (Wildman–Crippen LogP) is 29.3. The lowest BCUT2D eigenvalue weighted by atomic mass is 9.33. The van der Waals surface area contributed by atoms with Gasteiger partial charge < -0.3 is 18.9 Å². The van der Waals surface area contributed by atoms with Gasteiger partial charge in [-0.25, -0.2) is 0 Å². The molecule has 0 radical (unpaired) electrons. The van der Waals surface area contributed by atoms with Gasteiger partial charge in [-0.15, -0.1) is 0 Å². The maximum atomic E-state index is 2.77. The van der Waals surface area contributed by atoms with Crippen molar-refractivity contribution in [2.24, 2.45) is 0 Å². The highest BCUT2D eigenvalue weighted by Crippen LogP contribution is 2.56. The number of unbranched alkanes of at least 4 members (excludes halogenated alkanes) is 3. The average Bonchev–Trinajstić information content (AvgIpc) is 0.784. The van der Waals surface area contributed by atoms with Crippen molar-refractivity contribution in [2.45, 2.75) is 144 Å². The monoisotopic (exact) mass is 1510 g/mol. The topological polar surface area (TPSA) is 16.3 Å². The molecule has 0 bridgehead atoms. The average molecular weight is 1520 g/mol. The Balaban J connectivity index is 0.993. The van der Waals surface area contributed by atoms with Gasteiger partial charge in [-0.1, -0.05) is 328 Å². The highest BCUT2D eigenvalue weighted by molar-refractivity contribution is 7.00. The quantitative estimate of drug-likeness (QED) is 0.0751. The number of nitrogens with zero attached hydrogens (tertiary/aromatic N) is 4. The van der Waals surface area contributed by atoms with E-state index in [9.17, 15) is 0 Å². The van der Waals surface area contributed by atoms with Crippen molar-refractivity contribution in [3.05, 3.63) is 355 Å². The predicted molar refractivity (Wildman–Crippen MR) is 504 cm³/mol. The molecule has 4 nitrogen and oxygen atoms in total. The molecular weight excluding hydrogens is 1410 g/mol. The van der Waals surface area contributed by atoms with E-state index in [1.165, 1.54) is 117 Å². The van der Waals surface area contributed by atoms with Gasteiger partial charge >= 0.3 is 0 Å². The molecule has 0 saturated heterocycles. The molecular formula is C112H103BN4. The maximum absolute atomic E-state index is 2.77. The van der Waals surface area contributed by atoms with Crippen molar-refractivity contribution in [3.8, 4) is 78.1 Å². The van der Waals surface area contributed by atoms with E-state index in [1.54, 1.807) is 0 Å². The number of hydrogen-bond donors (Lipinski definition) is 0. The summed E-state index contributed by atoms with van der Waals surface area (Å²) < 4.78 is 5.17. The molecule has 117 heavy (non-hydrogen) atoms. The van der Waals surface area contributed by atoms with E-state index >= 15 is 0 Å². The summed E-state index contributed by atoms with van der Waals surface area (Å²) in [6, 6.07) is 127. The number of fused-ring (bicyclic) bond motifs is 10. The molecule has 2 aromatic heterocycles. The minimum Gasteiger partial charge on any atom is -0.310 e. The molecule has 15 aromatic carbocycles. The van der Waals surface area contributed by atoms with Gasteiger partial charge in [-0.05, 0) is 232 Å². The van der Waals surface area contributed by atoms with Crippen LogP contribution in [-0.4, -0.2) is 15.8 Å². The van der Waals surface area contributed by atoms with Gasteiger partial charge in [0.1, 0.15) is 0 Å². The van der Waals surface area contributed by atoms with Gasteiger partial charge in [-0.3, -0.25) is 0 Å². The second-order valence-corrected chi connectivity index (χ2v) is 37.1. The zero-order chi connectivity index (χ0) is 80.4. The van der Waals surface area contributed by atoms with Gasteiger partial charge in [0.05, 0.1) is 33.4 Å². The highest BCUT2D eigenvalue weighted by atomic mass is 15.2. The van der Waals surface area contributed by atoms with E-state index in [0.29, 0.717) is 0 Å². The van der Waals surface area contributed by atoms with Crippen LogP contribution in [0.2, 0.25) is 0 Å². The Bertz CT molecular complexity index is 6020. The Kier molecular flexibility index (Phi) is 18.6. The zero-order valence-electron chi connectivity index (χ0n) is 70.1. The zero-order valence-corrected chi connectivity index (χ0v) is 70.1. The van der Waals surface area contributed by atoms with Gasteiger partial charge in [-0.2, -0.15) is 0 Å². The molecule has 0 spiro atoms. The molecule has 0 fully saturated rings. The number of aryl methyl sites for hydroxylation is 1. The van der Waals surface area contributed by atoms with Gasteiger partial charge in [0.15, 0.2) is 0 Å². The molecule has 574 valence electrons. The maximum Gasteiger partial charge on any atom is 0.252 e. The molecule has 5 heteroatoms. The molecule has 19 rings (SSSR count). The summed E-state index contributed by atoms with van der Waals surface area (Å²) in [6.45, 7) is 30.2. The number of hydrogen-bond acceptors (Lipinski definition) is 2. The molecule has 0 atom stereocenters. The van der Waals surface area contributed by atoms with Crippen LogP contribution in [0.3, 0.4) is 0 Å². The van der Waals surface area contributed by atoms with Crippen LogP contribution in [0.15, 0.2) is 328 Å². The first kappa shape index (κ1) is 74.7. The standard InChI is InChI=1S/C112H103BN4/c1-14-15-16-23-36-73-61-104-106-105(62-73)117(108-90(78-45-32-21-33-46-78)65-81(75-39-26-18-27-40-75)66-91(108)79-47-34-22-35-48-79)103-72-87(115-100-59-51-84(111(8,9)10)69-94(100)95-70-85(112(11,12)13)52-60-101(95)115)54-56-97(103)113(106)96-55-53-86(114-98-57-49-82(109(2,3)4)67-92(98)93-68-83(110(5,6)7)50-58-99(93)114)71-102(96)116(104)107-88(76-41-28-19-29-42-76)63-80(74-37-24-17-25-38-74)64-89(107)77-43-30-20-31-44-77/h17-22,24-35,37-72H,14-16,23,36H2,1-13H3. The first-order valence-corrected chi connectivity index (χ1v) is 42.5. The Morgan fingerprint density at radius 2 is 0.547 bits per heavy atom. The van der Waals surface area contributed by atoms with Crippen LogP contribution in [-0.2, 0) is 28.1 Å². The fourth-order valence-electron chi connectivity index (χ4n) is 18.8. The summed E-state index contributed by atoms with van der Waals surface area (Å²) >= 11 is 0. The third kappa shape index (κ3) is 13.3. The lowest BCUT2D eigenvalue weighted by Crippen LogP contribution is -2.61. The van der Waals surface area contributed by atoms with Crippen LogP contribution in [0.1, 0.15) is 144 Å².